The Morgan fingerprint density at radius 1 is 1.40 bits per heavy atom. The lowest BCUT2D eigenvalue weighted by atomic mass is 10.2. The van der Waals surface area contributed by atoms with Gasteiger partial charge in [0.25, 0.3) is 0 Å². The number of aromatic nitrogens is 3. The van der Waals surface area contributed by atoms with Gasteiger partial charge in [-0.25, -0.2) is 4.98 Å². The second-order valence-corrected chi connectivity index (χ2v) is 4.43. The Bertz CT molecular complexity index is 455. The number of aromatic amines is 1. The van der Waals surface area contributed by atoms with Crippen LogP contribution in [0.4, 0.5) is 0 Å². The van der Waals surface area contributed by atoms with E-state index < -0.39 is 0 Å². The highest BCUT2D eigenvalue weighted by Gasteiger charge is 2.03. The van der Waals surface area contributed by atoms with Crippen LogP contribution in [0.2, 0.25) is 5.02 Å². The Morgan fingerprint density at radius 3 is 2.87 bits per heavy atom. The van der Waals surface area contributed by atoms with Gasteiger partial charge in [0.2, 0.25) is 5.16 Å². The molecule has 0 aliphatic heterocycles. The number of halogens is 1. The summed E-state index contributed by atoms with van der Waals surface area (Å²) in [5.41, 5.74) is 1.10. The van der Waals surface area contributed by atoms with E-state index in [0.29, 0.717) is 0 Å². The van der Waals surface area contributed by atoms with Crippen molar-refractivity contribution in [2.24, 2.45) is 0 Å². The molecular weight excluding hydrogens is 230 g/mol. The van der Waals surface area contributed by atoms with Crippen molar-refractivity contribution in [1.82, 2.24) is 15.2 Å². The summed E-state index contributed by atoms with van der Waals surface area (Å²) in [6.07, 6.45) is 0. The van der Waals surface area contributed by atoms with E-state index in [1.54, 1.807) is 11.8 Å². The standard InChI is InChI=1S/C10H10ClN3S/c1-7-12-10(14-13-7)15-6-8-4-2-3-5-9(8)11/h2-5H,6H2,1H3,(H,12,13,14). The average Bonchev–Trinajstić information content (AvgIpc) is 2.63. The molecule has 78 valence electrons. The Balaban J connectivity index is 2.02. The van der Waals surface area contributed by atoms with Crippen molar-refractivity contribution in [3.8, 4) is 0 Å². The minimum Gasteiger partial charge on any atom is -0.262 e. The number of nitrogens with one attached hydrogen (secondary N) is 1. The summed E-state index contributed by atoms with van der Waals surface area (Å²) in [5.74, 6) is 1.62. The minimum atomic E-state index is 0.757. The fourth-order valence-electron chi connectivity index (χ4n) is 1.14. The van der Waals surface area contributed by atoms with Crippen LogP contribution in [0.15, 0.2) is 29.4 Å². The molecule has 0 fully saturated rings. The Kier molecular flexibility index (Phi) is 3.28. The third-order valence-electron chi connectivity index (χ3n) is 1.89. The summed E-state index contributed by atoms with van der Waals surface area (Å²) in [7, 11) is 0. The third kappa shape index (κ3) is 2.73. The van der Waals surface area contributed by atoms with E-state index in [1.165, 1.54) is 0 Å². The molecule has 0 atom stereocenters. The van der Waals surface area contributed by atoms with Crippen LogP contribution in [0.25, 0.3) is 0 Å². The molecular formula is C10H10ClN3S. The first-order chi connectivity index (χ1) is 7.25. The van der Waals surface area contributed by atoms with Crippen LogP contribution >= 0.6 is 23.4 Å². The van der Waals surface area contributed by atoms with Crippen molar-refractivity contribution in [2.45, 2.75) is 17.8 Å². The maximum absolute atomic E-state index is 6.03. The zero-order chi connectivity index (χ0) is 10.7. The zero-order valence-corrected chi connectivity index (χ0v) is 9.77. The maximum atomic E-state index is 6.03. The molecule has 3 nitrogen and oxygen atoms in total. The Morgan fingerprint density at radius 2 is 2.20 bits per heavy atom. The van der Waals surface area contributed by atoms with Gasteiger partial charge in [-0.2, -0.15) is 0 Å². The fraction of sp³-hybridized carbons (Fsp3) is 0.200. The third-order valence-corrected chi connectivity index (χ3v) is 3.16. The van der Waals surface area contributed by atoms with Gasteiger partial charge >= 0.3 is 0 Å². The van der Waals surface area contributed by atoms with E-state index in [9.17, 15) is 0 Å². The molecule has 1 N–H and O–H groups in total. The van der Waals surface area contributed by atoms with E-state index >= 15 is 0 Å². The molecule has 0 saturated heterocycles. The van der Waals surface area contributed by atoms with Gasteiger partial charge in [-0.15, -0.1) is 5.10 Å². The van der Waals surface area contributed by atoms with Gasteiger partial charge in [-0.05, 0) is 18.6 Å². The number of H-pyrrole nitrogens is 1. The summed E-state index contributed by atoms with van der Waals surface area (Å²) >= 11 is 7.60. The topological polar surface area (TPSA) is 41.6 Å². The molecule has 0 spiro atoms. The molecule has 2 aromatic rings. The first-order valence-electron chi connectivity index (χ1n) is 4.51. The van der Waals surface area contributed by atoms with Crippen molar-refractivity contribution < 1.29 is 0 Å². The van der Waals surface area contributed by atoms with Crippen molar-refractivity contribution in [2.75, 3.05) is 0 Å². The molecule has 2 rings (SSSR count). The summed E-state index contributed by atoms with van der Waals surface area (Å²) < 4.78 is 0. The van der Waals surface area contributed by atoms with Crippen LogP contribution in [0.1, 0.15) is 11.4 Å². The molecule has 0 aliphatic carbocycles. The second-order valence-electron chi connectivity index (χ2n) is 3.08. The molecule has 0 bridgehead atoms. The van der Waals surface area contributed by atoms with Gasteiger partial charge in [-0.1, -0.05) is 41.6 Å². The molecule has 0 aliphatic rings. The van der Waals surface area contributed by atoms with Crippen molar-refractivity contribution in [1.29, 1.82) is 0 Å². The summed E-state index contributed by atoms with van der Waals surface area (Å²) in [4.78, 5) is 4.21. The quantitative estimate of drug-likeness (QED) is 0.837. The normalized spacial score (nSPS) is 10.5. The second kappa shape index (κ2) is 4.68. The first-order valence-corrected chi connectivity index (χ1v) is 5.87. The number of hydrogen-bond donors (Lipinski definition) is 1. The predicted octanol–water partition coefficient (Wildman–Crippen LogP) is 3.06. The molecule has 1 aromatic heterocycles. The molecule has 5 heteroatoms. The minimum absolute atomic E-state index is 0.757. The van der Waals surface area contributed by atoms with Crippen LogP contribution in [0, 0.1) is 6.92 Å². The molecule has 1 aromatic carbocycles. The lowest BCUT2D eigenvalue weighted by Crippen LogP contribution is -1.83. The van der Waals surface area contributed by atoms with Gasteiger partial charge in [-0.3, -0.25) is 5.10 Å². The smallest absolute Gasteiger partial charge is 0.208 e. The van der Waals surface area contributed by atoms with Gasteiger partial charge in [0.1, 0.15) is 5.82 Å². The van der Waals surface area contributed by atoms with Gasteiger partial charge in [0.15, 0.2) is 0 Å². The number of hydrogen-bond acceptors (Lipinski definition) is 3. The Hall–Kier alpha value is -1.00. The lowest BCUT2D eigenvalue weighted by molar-refractivity contribution is 0.969. The first kappa shape index (κ1) is 10.5. The highest BCUT2D eigenvalue weighted by Crippen LogP contribution is 2.23. The SMILES string of the molecule is Cc1nc(SCc2ccccc2Cl)n[nH]1. The van der Waals surface area contributed by atoms with Crippen LogP contribution in [0.3, 0.4) is 0 Å². The summed E-state index contributed by atoms with van der Waals surface area (Å²) in [6, 6.07) is 7.80. The van der Waals surface area contributed by atoms with E-state index in [0.717, 1.165) is 27.3 Å². The van der Waals surface area contributed by atoms with Crippen LogP contribution in [0.5, 0.6) is 0 Å². The number of benzene rings is 1. The highest BCUT2D eigenvalue weighted by molar-refractivity contribution is 7.98. The number of nitrogens with zero attached hydrogens (tertiary/aromatic N) is 2. The zero-order valence-electron chi connectivity index (χ0n) is 8.20. The van der Waals surface area contributed by atoms with Gasteiger partial charge in [0.05, 0.1) is 0 Å². The number of thioether (sulfide) groups is 1. The van der Waals surface area contributed by atoms with E-state index in [1.807, 2.05) is 31.2 Å². The monoisotopic (exact) mass is 239 g/mol. The highest BCUT2D eigenvalue weighted by atomic mass is 35.5. The Labute approximate surface area is 97.3 Å². The van der Waals surface area contributed by atoms with Crippen LogP contribution in [-0.2, 0) is 5.75 Å². The molecule has 15 heavy (non-hydrogen) atoms. The predicted molar refractivity (Wildman–Crippen MR) is 62.1 cm³/mol. The van der Waals surface area contributed by atoms with E-state index in [2.05, 4.69) is 15.2 Å². The molecule has 0 saturated carbocycles. The summed E-state index contributed by atoms with van der Waals surface area (Å²) in [6.45, 7) is 1.88. The van der Waals surface area contributed by atoms with Gasteiger partial charge in [0, 0.05) is 10.8 Å². The molecule has 0 unspecified atom stereocenters. The van der Waals surface area contributed by atoms with Crippen LogP contribution < -0.4 is 0 Å². The molecule has 0 radical (unpaired) electrons. The largest absolute Gasteiger partial charge is 0.262 e. The molecule has 1 heterocycles. The van der Waals surface area contributed by atoms with Crippen molar-refractivity contribution in [3.63, 3.8) is 0 Å². The molecule has 0 amide bonds. The average molecular weight is 240 g/mol. The van der Waals surface area contributed by atoms with Gasteiger partial charge < -0.3 is 0 Å². The van der Waals surface area contributed by atoms with Crippen LogP contribution in [-0.4, -0.2) is 15.2 Å². The fourth-order valence-corrected chi connectivity index (χ4v) is 2.27. The van der Waals surface area contributed by atoms with E-state index in [-0.39, 0.29) is 0 Å². The van der Waals surface area contributed by atoms with E-state index in [4.69, 9.17) is 11.6 Å². The summed E-state index contributed by atoms with van der Waals surface area (Å²) in [5, 5.41) is 8.39. The van der Waals surface area contributed by atoms with Crippen molar-refractivity contribution in [3.05, 3.63) is 40.7 Å². The lowest BCUT2D eigenvalue weighted by Gasteiger charge is -2.00. The number of aryl methyl sites for hydroxylation is 1. The maximum Gasteiger partial charge on any atom is 0.208 e. The van der Waals surface area contributed by atoms with Crippen molar-refractivity contribution >= 4 is 23.4 Å². The number of rotatable bonds is 3.